The Morgan fingerprint density at radius 3 is 2.50 bits per heavy atom. The van der Waals surface area contributed by atoms with Crippen LogP contribution in [0.4, 0.5) is 0 Å². The molecule has 0 aliphatic carbocycles. The summed E-state index contributed by atoms with van der Waals surface area (Å²) in [7, 11) is 1.92. The number of nitrogens with zero attached hydrogens (tertiary/aromatic N) is 1. The maximum Gasteiger partial charge on any atom is 0.228 e. The highest BCUT2D eigenvalue weighted by Gasteiger charge is 2.44. The number of hydrogen-bond donors (Lipinski definition) is 1. The molecular weight excluding hydrogens is 228 g/mol. The normalized spacial score (nSPS) is 27.4. The predicted molar refractivity (Wildman–Crippen MR) is 71.4 cm³/mol. The molecule has 18 heavy (non-hydrogen) atoms. The average molecular weight is 254 g/mol. The van der Waals surface area contributed by atoms with Crippen LogP contribution in [0.25, 0.3) is 0 Å². The Balaban J connectivity index is 1.98. The number of likely N-dealkylation sites (N-methyl/N-ethyl adjacent to an activating group) is 1. The summed E-state index contributed by atoms with van der Waals surface area (Å²) >= 11 is 0. The van der Waals surface area contributed by atoms with Crippen LogP contribution in [0.1, 0.15) is 40.0 Å². The van der Waals surface area contributed by atoms with Gasteiger partial charge in [0.25, 0.3) is 0 Å². The fourth-order valence-electron chi connectivity index (χ4n) is 2.99. The number of rotatable bonds is 1. The summed E-state index contributed by atoms with van der Waals surface area (Å²) in [6.45, 7) is 8.68. The van der Waals surface area contributed by atoms with Gasteiger partial charge in [-0.3, -0.25) is 4.79 Å². The lowest BCUT2D eigenvalue weighted by atomic mass is 9.87. The molecule has 1 N–H and O–H groups in total. The monoisotopic (exact) mass is 254 g/mol. The van der Waals surface area contributed by atoms with Gasteiger partial charge in [0.2, 0.25) is 5.91 Å². The number of carbonyl (C=O) groups excluding carboxylic acids is 1. The van der Waals surface area contributed by atoms with Crippen molar-refractivity contribution in [3.05, 3.63) is 0 Å². The Morgan fingerprint density at radius 2 is 1.94 bits per heavy atom. The van der Waals surface area contributed by atoms with E-state index in [0.29, 0.717) is 6.61 Å². The molecule has 2 saturated heterocycles. The highest BCUT2D eigenvalue weighted by molar-refractivity contribution is 5.81. The lowest BCUT2D eigenvalue weighted by molar-refractivity contribution is -0.140. The van der Waals surface area contributed by atoms with Gasteiger partial charge in [-0.05, 0) is 32.4 Å². The molecule has 1 spiro atoms. The van der Waals surface area contributed by atoms with Crippen LogP contribution in [0.15, 0.2) is 0 Å². The van der Waals surface area contributed by atoms with Crippen molar-refractivity contribution in [2.45, 2.75) is 51.7 Å². The molecule has 2 heterocycles. The summed E-state index contributed by atoms with van der Waals surface area (Å²) in [6.07, 6.45) is 3.13. The van der Waals surface area contributed by atoms with Gasteiger partial charge in [-0.15, -0.1) is 0 Å². The lowest BCUT2D eigenvalue weighted by Gasteiger charge is -2.34. The molecule has 0 aromatic carbocycles. The molecule has 104 valence electrons. The van der Waals surface area contributed by atoms with Gasteiger partial charge < -0.3 is 15.0 Å². The summed E-state index contributed by atoms with van der Waals surface area (Å²) in [5, 5.41) is 3.37. The van der Waals surface area contributed by atoms with Gasteiger partial charge in [0, 0.05) is 12.5 Å². The van der Waals surface area contributed by atoms with E-state index in [1.807, 2.05) is 32.7 Å². The molecule has 0 saturated carbocycles. The molecule has 2 fully saturated rings. The van der Waals surface area contributed by atoms with Gasteiger partial charge in [0.15, 0.2) is 0 Å². The fourth-order valence-corrected chi connectivity index (χ4v) is 2.99. The molecule has 0 aromatic heterocycles. The summed E-state index contributed by atoms with van der Waals surface area (Å²) in [6, 6.07) is 0.245. The zero-order valence-electron chi connectivity index (χ0n) is 12.1. The van der Waals surface area contributed by atoms with E-state index in [1.54, 1.807) is 0 Å². The van der Waals surface area contributed by atoms with Gasteiger partial charge in [0.05, 0.1) is 18.2 Å². The van der Waals surface area contributed by atoms with Crippen LogP contribution in [0.5, 0.6) is 0 Å². The summed E-state index contributed by atoms with van der Waals surface area (Å²) in [5.41, 5.74) is -0.277. The average Bonchev–Trinajstić information content (AvgIpc) is 2.71. The van der Waals surface area contributed by atoms with Crippen LogP contribution < -0.4 is 5.32 Å². The van der Waals surface area contributed by atoms with Crippen LogP contribution in [-0.2, 0) is 9.53 Å². The van der Waals surface area contributed by atoms with E-state index in [9.17, 15) is 4.79 Å². The first-order valence-corrected chi connectivity index (χ1v) is 6.96. The third-order valence-electron chi connectivity index (χ3n) is 4.21. The van der Waals surface area contributed by atoms with Crippen molar-refractivity contribution in [1.29, 1.82) is 0 Å². The number of ether oxygens (including phenoxy) is 1. The van der Waals surface area contributed by atoms with Crippen molar-refractivity contribution in [2.75, 3.05) is 26.7 Å². The minimum Gasteiger partial charge on any atom is -0.373 e. The van der Waals surface area contributed by atoms with Gasteiger partial charge in [-0.1, -0.05) is 20.8 Å². The van der Waals surface area contributed by atoms with Crippen molar-refractivity contribution in [1.82, 2.24) is 10.2 Å². The van der Waals surface area contributed by atoms with Gasteiger partial charge in [0.1, 0.15) is 0 Å². The van der Waals surface area contributed by atoms with E-state index >= 15 is 0 Å². The van der Waals surface area contributed by atoms with Crippen LogP contribution in [0.2, 0.25) is 0 Å². The summed E-state index contributed by atoms with van der Waals surface area (Å²) < 4.78 is 6.04. The molecule has 4 heteroatoms. The first kappa shape index (κ1) is 13.8. The van der Waals surface area contributed by atoms with Gasteiger partial charge in [-0.2, -0.15) is 0 Å². The van der Waals surface area contributed by atoms with E-state index in [0.717, 1.165) is 32.4 Å². The third-order valence-corrected chi connectivity index (χ3v) is 4.21. The van der Waals surface area contributed by atoms with Gasteiger partial charge >= 0.3 is 0 Å². The van der Waals surface area contributed by atoms with Crippen LogP contribution in [0, 0.1) is 5.41 Å². The zero-order chi connectivity index (χ0) is 13.4. The Labute approximate surface area is 110 Å². The molecule has 0 bridgehead atoms. The van der Waals surface area contributed by atoms with E-state index in [-0.39, 0.29) is 23.0 Å². The molecule has 4 nitrogen and oxygen atoms in total. The van der Waals surface area contributed by atoms with E-state index in [4.69, 9.17) is 4.74 Å². The molecule has 1 amide bonds. The number of hydrogen-bond acceptors (Lipinski definition) is 3. The minimum absolute atomic E-state index is 0.0301. The summed E-state index contributed by atoms with van der Waals surface area (Å²) in [5.74, 6) is 0.210. The second kappa shape index (κ2) is 4.82. The van der Waals surface area contributed by atoms with Crippen molar-refractivity contribution in [3.63, 3.8) is 0 Å². The minimum atomic E-state index is -0.307. The molecule has 0 unspecified atom stereocenters. The summed E-state index contributed by atoms with van der Waals surface area (Å²) in [4.78, 5) is 14.2. The molecule has 2 rings (SSSR count). The Kier molecular flexibility index (Phi) is 3.70. The quantitative estimate of drug-likeness (QED) is 0.769. The first-order valence-electron chi connectivity index (χ1n) is 6.96. The molecule has 0 aromatic rings. The Morgan fingerprint density at radius 1 is 1.33 bits per heavy atom. The smallest absolute Gasteiger partial charge is 0.228 e. The number of amides is 1. The zero-order valence-corrected chi connectivity index (χ0v) is 12.1. The van der Waals surface area contributed by atoms with Gasteiger partial charge in [-0.25, -0.2) is 0 Å². The maximum absolute atomic E-state index is 12.3. The fraction of sp³-hybridized carbons (Fsp3) is 0.929. The Bertz CT molecular complexity index is 316. The maximum atomic E-state index is 12.3. The number of nitrogens with one attached hydrogen (secondary N) is 1. The van der Waals surface area contributed by atoms with Crippen LogP contribution in [0.3, 0.4) is 0 Å². The van der Waals surface area contributed by atoms with Crippen molar-refractivity contribution >= 4 is 5.91 Å². The third kappa shape index (κ3) is 2.69. The second-order valence-corrected chi connectivity index (χ2v) is 6.77. The molecular formula is C14H26N2O2. The van der Waals surface area contributed by atoms with E-state index in [2.05, 4.69) is 5.32 Å². The van der Waals surface area contributed by atoms with Crippen LogP contribution in [-0.4, -0.2) is 49.2 Å². The molecule has 0 radical (unpaired) electrons. The van der Waals surface area contributed by atoms with Crippen molar-refractivity contribution < 1.29 is 9.53 Å². The topological polar surface area (TPSA) is 41.6 Å². The first-order chi connectivity index (χ1) is 8.34. The van der Waals surface area contributed by atoms with Crippen molar-refractivity contribution in [3.8, 4) is 0 Å². The van der Waals surface area contributed by atoms with E-state index < -0.39 is 0 Å². The second-order valence-electron chi connectivity index (χ2n) is 6.77. The van der Waals surface area contributed by atoms with Crippen LogP contribution >= 0.6 is 0 Å². The predicted octanol–water partition coefficient (Wildman–Crippen LogP) is 1.40. The van der Waals surface area contributed by atoms with Crippen molar-refractivity contribution in [2.24, 2.45) is 5.41 Å². The highest BCUT2D eigenvalue weighted by atomic mass is 16.5. The lowest BCUT2D eigenvalue weighted by Crippen LogP contribution is -2.45. The molecule has 2 aliphatic heterocycles. The SMILES string of the molecule is CN(C(=O)C(C)(C)C)[C@H]1COC2(CCNCC2)C1. The standard InChI is InChI=1S/C14H26N2O2/c1-13(2,3)12(17)16(4)11-9-14(18-10-11)5-7-15-8-6-14/h11,15H,5-10H2,1-4H3/t11-/m1/s1. The Hall–Kier alpha value is -0.610. The highest BCUT2D eigenvalue weighted by Crippen LogP contribution is 2.36. The number of carbonyl (C=O) groups is 1. The molecule has 1 atom stereocenters. The number of piperidine rings is 1. The largest absolute Gasteiger partial charge is 0.373 e. The molecule has 2 aliphatic rings. The van der Waals surface area contributed by atoms with E-state index in [1.165, 1.54) is 0 Å².